The van der Waals surface area contributed by atoms with Gasteiger partial charge in [-0.3, -0.25) is 14.4 Å². The Morgan fingerprint density at radius 3 is 2.68 bits per heavy atom. The zero-order valence-electron chi connectivity index (χ0n) is 18.6. The highest BCUT2D eigenvalue weighted by Gasteiger charge is 2.23. The summed E-state index contributed by atoms with van der Waals surface area (Å²) in [4.78, 5) is 17.3. The van der Waals surface area contributed by atoms with Gasteiger partial charge in [0.15, 0.2) is 0 Å². The van der Waals surface area contributed by atoms with Gasteiger partial charge in [-0.2, -0.15) is 5.10 Å². The third-order valence-corrected chi connectivity index (χ3v) is 6.96. The van der Waals surface area contributed by atoms with E-state index < -0.39 is 0 Å². The number of morpholine rings is 1. The molecule has 1 saturated heterocycles. The Morgan fingerprint density at radius 2 is 1.97 bits per heavy atom. The van der Waals surface area contributed by atoms with Crippen molar-refractivity contribution < 1.29 is 9.53 Å². The highest BCUT2D eigenvalue weighted by atomic mass is 32.1. The molecule has 0 aliphatic carbocycles. The molecule has 4 rings (SSSR count). The smallest absolute Gasteiger partial charge is 0.261 e. The zero-order chi connectivity index (χ0) is 21.8. The molecule has 1 atom stereocenters. The quantitative estimate of drug-likeness (QED) is 0.577. The number of ether oxygens (including phenoxy) is 1. The van der Waals surface area contributed by atoms with E-state index in [9.17, 15) is 4.79 Å². The van der Waals surface area contributed by atoms with Crippen LogP contribution < -0.4 is 5.32 Å². The van der Waals surface area contributed by atoms with Crippen molar-refractivity contribution in [3.8, 4) is 0 Å². The van der Waals surface area contributed by atoms with E-state index in [0.29, 0.717) is 25.0 Å². The van der Waals surface area contributed by atoms with Crippen LogP contribution in [-0.2, 0) is 11.3 Å². The number of nitrogens with zero attached hydrogens (tertiary/aromatic N) is 3. The van der Waals surface area contributed by atoms with E-state index in [1.54, 1.807) is 0 Å². The van der Waals surface area contributed by atoms with Crippen molar-refractivity contribution in [1.29, 1.82) is 0 Å². The van der Waals surface area contributed by atoms with Gasteiger partial charge in [0.05, 0.1) is 30.3 Å². The van der Waals surface area contributed by atoms with Crippen LogP contribution in [0.15, 0.2) is 36.4 Å². The number of aryl methyl sites for hydroxylation is 1. The average Bonchev–Trinajstić information content (AvgIpc) is 3.33. The summed E-state index contributed by atoms with van der Waals surface area (Å²) in [5.41, 5.74) is 2.17. The second-order valence-electron chi connectivity index (χ2n) is 8.70. The van der Waals surface area contributed by atoms with Crippen LogP contribution in [0.25, 0.3) is 10.2 Å². The van der Waals surface area contributed by atoms with Crippen LogP contribution in [0.3, 0.4) is 0 Å². The highest BCUT2D eigenvalue weighted by molar-refractivity contribution is 7.20. The van der Waals surface area contributed by atoms with Crippen molar-refractivity contribution >= 4 is 27.5 Å². The van der Waals surface area contributed by atoms with Gasteiger partial charge in [-0.1, -0.05) is 44.2 Å². The van der Waals surface area contributed by atoms with Gasteiger partial charge in [0.1, 0.15) is 4.83 Å². The molecule has 3 heterocycles. The van der Waals surface area contributed by atoms with Gasteiger partial charge in [-0.25, -0.2) is 0 Å². The summed E-state index contributed by atoms with van der Waals surface area (Å²) < 4.78 is 7.51. The van der Waals surface area contributed by atoms with Gasteiger partial charge in [-0.15, -0.1) is 11.3 Å². The molecular weight excluding hydrogens is 408 g/mol. The van der Waals surface area contributed by atoms with Crippen LogP contribution in [0.2, 0.25) is 0 Å². The monoisotopic (exact) mass is 440 g/mol. The van der Waals surface area contributed by atoms with E-state index in [2.05, 4.69) is 36.2 Å². The standard InChI is InChI=1S/C24H32N4O2S/c1-17(2)13-20(27-9-11-30-12-10-27)15-25-23(29)22-14-21-18(3)26-28(24(21)31-22)16-19-7-5-4-6-8-19/h4-8,14,17,20H,9-13,15-16H2,1-3H3,(H,25,29)/t20-/m0/s1. The maximum Gasteiger partial charge on any atom is 0.261 e. The molecule has 6 nitrogen and oxygen atoms in total. The first-order valence-electron chi connectivity index (χ1n) is 11.1. The van der Waals surface area contributed by atoms with Crippen LogP contribution in [0, 0.1) is 12.8 Å². The minimum Gasteiger partial charge on any atom is -0.379 e. The third kappa shape index (κ3) is 5.34. The summed E-state index contributed by atoms with van der Waals surface area (Å²) in [5, 5.41) is 8.96. The van der Waals surface area contributed by atoms with Crippen LogP contribution in [0.4, 0.5) is 0 Å². The van der Waals surface area contributed by atoms with Crippen LogP contribution >= 0.6 is 11.3 Å². The number of thiophene rings is 1. The minimum atomic E-state index is 0.00822. The SMILES string of the molecule is Cc1nn(Cc2ccccc2)c2sc(C(=O)NC[C@H](CC(C)C)N3CCOCC3)cc12. The Morgan fingerprint density at radius 1 is 1.23 bits per heavy atom. The number of hydrogen-bond donors (Lipinski definition) is 1. The van der Waals surface area contributed by atoms with Crippen molar-refractivity contribution in [3.05, 3.63) is 52.5 Å². The number of hydrogen-bond acceptors (Lipinski definition) is 5. The summed E-state index contributed by atoms with van der Waals surface area (Å²) in [7, 11) is 0. The number of carbonyl (C=O) groups is 1. The summed E-state index contributed by atoms with van der Waals surface area (Å²) >= 11 is 1.53. The maximum atomic E-state index is 13.0. The lowest BCUT2D eigenvalue weighted by Crippen LogP contribution is -2.49. The van der Waals surface area contributed by atoms with E-state index in [4.69, 9.17) is 9.84 Å². The Bertz CT molecular complexity index is 1010. The lowest BCUT2D eigenvalue weighted by molar-refractivity contribution is 0.0125. The molecule has 0 bridgehead atoms. The van der Waals surface area contributed by atoms with E-state index in [1.807, 2.05) is 35.9 Å². The highest BCUT2D eigenvalue weighted by Crippen LogP contribution is 2.29. The molecule has 166 valence electrons. The Kier molecular flexibility index (Phi) is 7.05. The Labute approximate surface area is 188 Å². The zero-order valence-corrected chi connectivity index (χ0v) is 19.5. The molecule has 7 heteroatoms. The van der Waals surface area contributed by atoms with Crippen molar-refractivity contribution in [2.45, 2.75) is 39.8 Å². The van der Waals surface area contributed by atoms with Crippen molar-refractivity contribution in [2.75, 3.05) is 32.8 Å². The van der Waals surface area contributed by atoms with Gasteiger partial charge in [0, 0.05) is 31.1 Å². The number of nitrogens with one attached hydrogen (secondary N) is 1. The summed E-state index contributed by atoms with van der Waals surface area (Å²) in [6.45, 7) is 11.3. The average molecular weight is 441 g/mol. The number of carbonyl (C=O) groups excluding carboxylic acids is 1. The van der Waals surface area contributed by atoms with Crippen molar-refractivity contribution in [3.63, 3.8) is 0 Å². The predicted molar refractivity (Wildman–Crippen MR) is 126 cm³/mol. The largest absolute Gasteiger partial charge is 0.379 e. The molecule has 1 aliphatic rings. The molecule has 0 unspecified atom stereocenters. The van der Waals surface area contributed by atoms with Gasteiger partial charge in [0.25, 0.3) is 5.91 Å². The fourth-order valence-corrected chi connectivity index (χ4v) is 5.31. The van der Waals surface area contributed by atoms with Crippen LogP contribution in [0.1, 0.15) is 41.2 Å². The molecule has 1 aliphatic heterocycles. The first-order valence-corrected chi connectivity index (χ1v) is 11.9. The molecule has 2 aromatic heterocycles. The molecule has 1 N–H and O–H groups in total. The molecule has 0 saturated carbocycles. The fraction of sp³-hybridized carbons (Fsp3) is 0.500. The van der Waals surface area contributed by atoms with Gasteiger partial charge in [-0.05, 0) is 30.9 Å². The second-order valence-corrected chi connectivity index (χ2v) is 9.73. The molecule has 1 aromatic carbocycles. The van der Waals surface area contributed by atoms with E-state index in [-0.39, 0.29) is 5.91 Å². The van der Waals surface area contributed by atoms with Crippen LogP contribution in [0.5, 0.6) is 0 Å². The molecule has 1 fully saturated rings. The first kappa shape index (κ1) is 22.0. The van der Waals surface area contributed by atoms with E-state index in [0.717, 1.165) is 53.5 Å². The summed E-state index contributed by atoms with van der Waals surface area (Å²) in [6.07, 6.45) is 1.07. The van der Waals surface area contributed by atoms with Gasteiger partial charge in [0.2, 0.25) is 0 Å². The van der Waals surface area contributed by atoms with Crippen molar-refractivity contribution in [2.24, 2.45) is 5.92 Å². The fourth-order valence-electron chi connectivity index (χ4n) is 4.23. The number of benzene rings is 1. The number of amides is 1. The summed E-state index contributed by atoms with van der Waals surface area (Å²) in [6, 6.07) is 12.6. The summed E-state index contributed by atoms with van der Waals surface area (Å²) in [5.74, 6) is 0.592. The Hall–Kier alpha value is -2.22. The molecular formula is C24H32N4O2S. The number of rotatable bonds is 8. The normalized spacial score (nSPS) is 16.1. The predicted octanol–water partition coefficient (Wildman–Crippen LogP) is 3.93. The van der Waals surface area contributed by atoms with Gasteiger partial charge >= 0.3 is 0 Å². The lowest BCUT2D eigenvalue weighted by atomic mass is 10.0. The Balaban J connectivity index is 1.46. The number of aromatic nitrogens is 2. The molecule has 0 radical (unpaired) electrons. The lowest BCUT2D eigenvalue weighted by Gasteiger charge is -2.35. The topological polar surface area (TPSA) is 59.4 Å². The second kappa shape index (κ2) is 9.94. The van der Waals surface area contributed by atoms with Gasteiger partial charge < -0.3 is 10.1 Å². The molecule has 1 amide bonds. The number of fused-ring (bicyclic) bond motifs is 1. The van der Waals surface area contributed by atoms with Crippen molar-refractivity contribution in [1.82, 2.24) is 20.0 Å². The maximum absolute atomic E-state index is 13.0. The third-order valence-electron chi connectivity index (χ3n) is 5.81. The van der Waals surface area contributed by atoms with E-state index in [1.165, 1.54) is 16.9 Å². The molecule has 0 spiro atoms. The van der Waals surface area contributed by atoms with Crippen LogP contribution in [-0.4, -0.2) is 59.5 Å². The molecule has 3 aromatic rings. The van der Waals surface area contributed by atoms with E-state index >= 15 is 0 Å². The minimum absolute atomic E-state index is 0.00822. The first-order chi connectivity index (χ1) is 15.0. The molecule has 31 heavy (non-hydrogen) atoms.